The second-order valence-corrected chi connectivity index (χ2v) is 6.33. The maximum Gasteiger partial charge on any atom is 0.135 e. The Hall–Kier alpha value is -1.12. The predicted octanol–water partition coefficient (Wildman–Crippen LogP) is 1.84. The van der Waals surface area contributed by atoms with Gasteiger partial charge in [-0.15, -0.1) is 0 Å². The number of quaternary nitrogens is 1. The van der Waals surface area contributed by atoms with Crippen LogP contribution in [0, 0.1) is 0 Å². The van der Waals surface area contributed by atoms with Crippen LogP contribution in [0.3, 0.4) is 0 Å². The molecule has 120 valence electrons. The smallest absolute Gasteiger partial charge is 0.135 e. The third kappa shape index (κ3) is 5.26. The zero-order valence-electron chi connectivity index (χ0n) is 14.1. The van der Waals surface area contributed by atoms with E-state index in [4.69, 9.17) is 0 Å². The minimum atomic E-state index is 0. The van der Waals surface area contributed by atoms with Crippen LogP contribution in [-0.2, 0) is 12.8 Å². The first-order valence-electron chi connectivity index (χ1n) is 8.09. The van der Waals surface area contributed by atoms with Crippen LogP contribution in [-0.4, -0.2) is 20.6 Å². The monoisotopic (exact) mass is 361 g/mol. The lowest BCUT2D eigenvalue weighted by Gasteiger charge is -2.31. The average Bonchev–Trinajstić information content (AvgIpc) is 2.52. The normalized spacial score (nSPS) is 11.0. The summed E-state index contributed by atoms with van der Waals surface area (Å²) in [6.07, 6.45) is 4.83. The molecule has 0 fully saturated rings. The van der Waals surface area contributed by atoms with E-state index in [1.165, 1.54) is 42.6 Å². The van der Waals surface area contributed by atoms with Crippen LogP contribution in [0.4, 0.5) is 5.69 Å². The van der Waals surface area contributed by atoms with E-state index in [0.29, 0.717) is 0 Å². The molecule has 0 amide bonds. The maximum atomic E-state index is 2.33. The van der Waals surface area contributed by atoms with Crippen molar-refractivity contribution in [2.45, 2.75) is 32.6 Å². The van der Waals surface area contributed by atoms with Crippen LogP contribution in [0.15, 0.2) is 54.6 Å². The first kappa shape index (κ1) is 18.9. The quantitative estimate of drug-likeness (QED) is 0.521. The molecule has 0 aromatic heterocycles. The van der Waals surface area contributed by atoms with Gasteiger partial charge in [0, 0.05) is 5.56 Å². The van der Waals surface area contributed by atoms with Crippen molar-refractivity contribution in [3.05, 3.63) is 65.7 Å². The third-order valence-electron chi connectivity index (χ3n) is 4.30. The molecule has 0 heterocycles. The summed E-state index contributed by atoms with van der Waals surface area (Å²) in [5, 5.41) is 0. The number of unbranched alkanes of at least 4 members (excludes halogenated alkanes) is 1. The number of hydrogen-bond donors (Lipinski definition) is 0. The molecule has 2 aromatic carbocycles. The molecule has 0 saturated heterocycles. The summed E-state index contributed by atoms with van der Waals surface area (Å²) < 4.78 is 0.985. The Morgan fingerprint density at radius 1 is 0.818 bits per heavy atom. The Labute approximate surface area is 146 Å². The van der Waals surface area contributed by atoms with Crippen molar-refractivity contribution in [2.75, 3.05) is 20.6 Å². The molecule has 0 bridgehead atoms. The summed E-state index contributed by atoms with van der Waals surface area (Å²) in [6, 6.07) is 19.7. The third-order valence-corrected chi connectivity index (χ3v) is 4.30. The molecule has 2 rings (SSSR count). The summed E-state index contributed by atoms with van der Waals surface area (Å²) in [6.45, 7) is 3.44. The molecule has 0 aliphatic heterocycles. The predicted molar refractivity (Wildman–Crippen MR) is 93.7 cm³/mol. The molecule has 0 unspecified atom stereocenters. The lowest BCUT2D eigenvalue weighted by atomic mass is 10.1. The Morgan fingerprint density at radius 3 is 2.14 bits per heavy atom. The van der Waals surface area contributed by atoms with Gasteiger partial charge in [0.1, 0.15) is 5.69 Å². The molecular formula is C20H28BrN. The molecule has 0 saturated carbocycles. The van der Waals surface area contributed by atoms with Gasteiger partial charge in [0.15, 0.2) is 0 Å². The molecule has 2 heteroatoms. The van der Waals surface area contributed by atoms with E-state index in [9.17, 15) is 0 Å². The highest BCUT2D eigenvalue weighted by atomic mass is 79.9. The van der Waals surface area contributed by atoms with Crippen molar-refractivity contribution in [2.24, 2.45) is 0 Å². The van der Waals surface area contributed by atoms with Gasteiger partial charge in [0.25, 0.3) is 0 Å². The number of benzene rings is 2. The van der Waals surface area contributed by atoms with Crippen LogP contribution in [0.5, 0.6) is 0 Å². The van der Waals surface area contributed by atoms with E-state index in [1.807, 2.05) is 0 Å². The average molecular weight is 362 g/mol. The van der Waals surface area contributed by atoms with Gasteiger partial charge in [-0.3, -0.25) is 4.48 Å². The van der Waals surface area contributed by atoms with E-state index < -0.39 is 0 Å². The van der Waals surface area contributed by atoms with Crippen molar-refractivity contribution in [3.63, 3.8) is 0 Å². The Bertz CT molecular complexity index is 549. The molecule has 0 radical (unpaired) electrons. The minimum Gasteiger partial charge on any atom is -1.00 e. The molecule has 0 aliphatic carbocycles. The second kappa shape index (κ2) is 9.12. The lowest BCUT2D eigenvalue weighted by Crippen LogP contribution is -3.00. The molecule has 0 aliphatic rings. The SMILES string of the molecule is CCc1ccccc1[N+](C)(C)CCCCc1ccccc1.[Br-]. The highest BCUT2D eigenvalue weighted by Crippen LogP contribution is 2.25. The van der Waals surface area contributed by atoms with E-state index in [1.54, 1.807) is 0 Å². The number of nitrogens with zero attached hydrogens (tertiary/aromatic N) is 1. The molecule has 0 atom stereocenters. The molecule has 1 nitrogen and oxygen atoms in total. The van der Waals surface area contributed by atoms with Gasteiger partial charge in [-0.25, -0.2) is 0 Å². The maximum absolute atomic E-state index is 2.33. The van der Waals surface area contributed by atoms with Crippen LogP contribution in [0.25, 0.3) is 0 Å². The van der Waals surface area contributed by atoms with Crippen molar-refractivity contribution in [3.8, 4) is 0 Å². The zero-order chi connectivity index (χ0) is 15.1. The summed E-state index contributed by atoms with van der Waals surface area (Å²) in [4.78, 5) is 0. The van der Waals surface area contributed by atoms with Gasteiger partial charge in [0.05, 0.1) is 20.6 Å². The van der Waals surface area contributed by atoms with E-state index in [2.05, 4.69) is 75.6 Å². The fourth-order valence-electron chi connectivity index (χ4n) is 3.00. The van der Waals surface area contributed by atoms with E-state index >= 15 is 0 Å². The van der Waals surface area contributed by atoms with Crippen LogP contribution in [0.2, 0.25) is 0 Å². The largest absolute Gasteiger partial charge is 1.00 e. The number of rotatable bonds is 7. The van der Waals surface area contributed by atoms with Crippen molar-refractivity contribution >= 4 is 5.69 Å². The molecule has 22 heavy (non-hydrogen) atoms. The summed E-state index contributed by atoms with van der Waals surface area (Å²) in [5.41, 5.74) is 4.40. The van der Waals surface area contributed by atoms with Crippen molar-refractivity contribution in [1.82, 2.24) is 4.48 Å². The molecule has 0 N–H and O–H groups in total. The van der Waals surface area contributed by atoms with Crippen LogP contribution in [0.1, 0.15) is 30.9 Å². The van der Waals surface area contributed by atoms with E-state index in [-0.39, 0.29) is 17.0 Å². The van der Waals surface area contributed by atoms with Gasteiger partial charge in [-0.1, -0.05) is 55.5 Å². The van der Waals surface area contributed by atoms with Gasteiger partial charge in [-0.05, 0) is 37.3 Å². The first-order chi connectivity index (χ1) is 10.1. The van der Waals surface area contributed by atoms with Crippen LogP contribution < -0.4 is 21.5 Å². The molecule has 0 spiro atoms. The van der Waals surface area contributed by atoms with Crippen LogP contribution >= 0.6 is 0 Å². The number of hydrogen-bond acceptors (Lipinski definition) is 0. The standard InChI is InChI=1S/C20H28N.BrH/c1-4-19-15-8-9-16-20(19)21(2,3)17-11-10-14-18-12-6-5-7-13-18;/h5-9,12-13,15-16H,4,10-11,14,17H2,1-3H3;1H/q+1;/p-1. The first-order valence-corrected chi connectivity index (χ1v) is 8.09. The number of para-hydroxylation sites is 1. The van der Waals surface area contributed by atoms with Crippen molar-refractivity contribution < 1.29 is 17.0 Å². The molecule has 2 aromatic rings. The summed E-state index contributed by atoms with van der Waals surface area (Å²) in [5.74, 6) is 0. The Morgan fingerprint density at radius 2 is 1.45 bits per heavy atom. The van der Waals surface area contributed by atoms with Gasteiger partial charge >= 0.3 is 0 Å². The summed E-state index contributed by atoms with van der Waals surface area (Å²) >= 11 is 0. The second-order valence-electron chi connectivity index (χ2n) is 6.33. The highest BCUT2D eigenvalue weighted by molar-refractivity contribution is 5.49. The van der Waals surface area contributed by atoms with Crippen molar-refractivity contribution in [1.29, 1.82) is 0 Å². The van der Waals surface area contributed by atoms with Gasteiger partial charge in [0.2, 0.25) is 0 Å². The lowest BCUT2D eigenvalue weighted by molar-refractivity contribution is -0.00000455. The molecular weight excluding hydrogens is 334 g/mol. The number of halogens is 1. The zero-order valence-corrected chi connectivity index (χ0v) is 15.6. The van der Waals surface area contributed by atoms with Gasteiger partial charge < -0.3 is 17.0 Å². The Kier molecular flexibility index (Phi) is 7.84. The highest BCUT2D eigenvalue weighted by Gasteiger charge is 2.21. The fraction of sp³-hybridized carbons (Fsp3) is 0.400. The Balaban J connectivity index is 0.00000242. The minimum absolute atomic E-state index is 0. The number of aryl methyl sites for hydroxylation is 2. The fourth-order valence-corrected chi connectivity index (χ4v) is 3.00. The summed E-state index contributed by atoms with van der Waals surface area (Å²) in [7, 11) is 4.66. The van der Waals surface area contributed by atoms with E-state index in [0.717, 1.165) is 10.9 Å². The van der Waals surface area contributed by atoms with Gasteiger partial charge in [-0.2, -0.15) is 0 Å². The topological polar surface area (TPSA) is 0 Å².